The summed E-state index contributed by atoms with van der Waals surface area (Å²) in [5.74, 6) is -0.109. The second-order valence-corrected chi connectivity index (χ2v) is 5.04. The normalized spacial score (nSPS) is 18.6. The number of aliphatic hydroxyl groups excluding tert-OH is 1. The fourth-order valence-electron chi connectivity index (χ4n) is 2.19. The van der Waals surface area contributed by atoms with E-state index in [0.717, 1.165) is 31.4 Å². The summed E-state index contributed by atoms with van der Waals surface area (Å²) in [4.78, 5) is 12.0. The zero-order chi connectivity index (χ0) is 11.6. The molecule has 2 N–H and O–H groups in total. The molecule has 88 valence electrons. The third-order valence-electron chi connectivity index (χ3n) is 3.24. The Balaban J connectivity index is 2.09. The fourth-order valence-corrected chi connectivity index (χ4v) is 2.89. The van der Waals surface area contributed by atoms with E-state index >= 15 is 0 Å². The van der Waals surface area contributed by atoms with E-state index in [4.69, 9.17) is 0 Å². The van der Waals surface area contributed by atoms with Crippen molar-refractivity contribution in [3.8, 4) is 0 Å². The van der Waals surface area contributed by atoms with Gasteiger partial charge in [-0.15, -0.1) is 0 Å². The molecule has 2 rings (SSSR count). The molecule has 1 amide bonds. The summed E-state index contributed by atoms with van der Waals surface area (Å²) in [5, 5.41) is 14.1. The minimum absolute atomic E-state index is 0.0232. The molecule has 0 aromatic carbocycles. The van der Waals surface area contributed by atoms with E-state index in [1.54, 1.807) is 5.38 Å². The molecule has 0 saturated heterocycles. The van der Waals surface area contributed by atoms with Crippen LogP contribution in [0, 0.1) is 6.92 Å². The van der Waals surface area contributed by atoms with Gasteiger partial charge in [-0.2, -0.15) is 4.37 Å². The molecule has 1 aromatic rings. The highest BCUT2D eigenvalue weighted by atomic mass is 32.1. The molecule has 1 heterocycles. The van der Waals surface area contributed by atoms with Gasteiger partial charge in [0.1, 0.15) is 0 Å². The lowest BCUT2D eigenvalue weighted by Gasteiger charge is -2.27. The molecule has 0 spiro atoms. The zero-order valence-corrected chi connectivity index (χ0v) is 10.1. The molecule has 0 unspecified atom stereocenters. The Morgan fingerprint density at radius 1 is 1.62 bits per heavy atom. The van der Waals surface area contributed by atoms with E-state index in [1.165, 1.54) is 11.5 Å². The first-order valence-corrected chi connectivity index (χ1v) is 6.35. The van der Waals surface area contributed by atoms with Gasteiger partial charge in [0, 0.05) is 5.38 Å². The van der Waals surface area contributed by atoms with Crippen LogP contribution in [0.3, 0.4) is 0 Å². The van der Waals surface area contributed by atoms with Crippen LogP contribution in [0.2, 0.25) is 0 Å². The van der Waals surface area contributed by atoms with Crippen molar-refractivity contribution in [2.24, 2.45) is 0 Å². The average Bonchev–Trinajstić information content (AvgIpc) is 2.87. The summed E-state index contributed by atoms with van der Waals surface area (Å²) in [6.07, 6.45) is 3.88. The number of amides is 1. The lowest BCUT2D eigenvalue weighted by atomic mass is 9.98. The second kappa shape index (κ2) is 4.51. The van der Waals surface area contributed by atoms with E-state index < -0.39 is 5.54 Å². The topological polar surface area (TPSA) is 62.2 Å². The lowest BCUT2D eigenvalue weighted by molar-refractivity contribution is 0.0838. The van der Waals surface area contributed by atoms with Gasteiger partial charge in [-0.25, -0.2) is 0 Å². The maximum absolute atomic E-state index is 12.0. The van der Waals surface area contributed by atoms with Crippen LogP contribution in [0.5, 0.6) is 0 Å². The maximum atomic E-state index is 12.0. The number of hydrogen-bond acceptors (Lipinski definition) is 4. The zero-order valence-electron chi connectivity index (χ0n) is 9.32. The Bertz CT molecular complexity index is 383. The summed E-state index contributed by atoms with van der Waals surface area (Å²) >= 11 is 1.29. The molecule has 0 aliphatic heterocycles. The van der Waals surface area contributed by atoms with Crippen molar-refractivity contribution in [1.29, 1.82) is 0 Å². The summed E-state index contributed by atoms with van der Waals surface area (Å²) in [5.41, 5.74) is 0.990. The predicted molar refractivity (Wildman–Crippen MR) is 62.6 cm³/mol. The van der Waals surface area contributed by atoms with Crippen LogP contribution in [0.1, 0.15) is 41.7 Å². The molecule has 0 radical (unpaired) electrons. The average molecular weight is 240 g/mol. The van der Waals surface area contributed by atoms with Crippen molar-refractivity contribution in [3.05, 3.63) is 16.6 Å². The molecule has 1 saturated carbocycles. The number of carbonyl (C=O) groups is 1. The van der Waals surface area contributed by atoms with E-state index in [2.05, 4.69) is 9.69 Å². The van der Waals surface area contributed by atoms with Crippen LogP contribution < -0.4 is 5.32 Å². The van der Waals surface area contributed by atoms with Crippen molar-refractivity contribution in [2.75, 3.05) is 6.61 Å². The Morgan fingerprint density at radius 3 is 2.81 bits per heavy atom. The van der Waals surface area contributed by atoms with E-state index in [1.807, 2.05) is 6.92 Å². The van der Waals surface area contributed by atoms with Gasteiger partial charge >= 0.3 is 0 Å². The number of nitrogens with zero attached hydrogens (tertiary/aromatic N) is 1. The Kier molecular flexibility index (Phi) is 3.25. The number of aliphatic hydroxyl groups is 1. The van der Waals surface area contributed by atoms with Gasteiger partial charge in [-0.05, 0) is 31.3 Å². The number of hydrogen-bond donors (Lipinski definition) is 2. The number of carbonyl (C=O) groups excluding carboxylic acids is 1. The van der Waals surface area contributed by atoms with Crippen molar-refractivity contribution in [2.45, 2.75) is 38.1 Å². The first-order valence-electron chi connectivity index (χ1n) is 5.51. The molecule has 1 aromatic heterocycles. The monoisotopic (exact) mass is 240 g/mol. The number of rotatable bonds is 3. The molecule has 0 bridgehead atoms. The van der Waals surface area contributed by atoms with Crippen LogP contribution in [-0.4, -0.2) is 27.5 Å². The Morgan fingerprint density at radius 2 is 2.31 bits per heavy atom. The SMILES string of the molecule is Cc1nscc1C(=O)NC1(CO)CCCC1. The van der Waals surface area contributed by atoms with Gasteiger partial charge in [-0.3, -0.25) is 4.79 Å². The third kappa shape index (κ3) is 2.10. The molecular weight excluding hydrogens is 224 g/mol. The van der Waals surface area contributed by atoms with Gasteiger partial charge in [0.15, 0.2) is 0 Å². The first kappa shape index (κ1) is 11.5. The van der Waals surface area contributed by atoms with Crippen molar-refractivity contribution >= 4 is 17.4 Å². The highest BCUT2D eigenvalue weighted by Crippen LogP contribution is 2.29. The first-order chi connectivity index (χ1) is 7.67. The van der Waals surface area contributed by atoms with Gasteiger partial charge in [0.25, 0.3) is 5.91 Å². The molecular formula is C11H16N2O2S. The summed E-state index contributed by atoms with van der Waals surface area (Å²) in [6.45, 7) is 1.85. The highest BCUT2D eigenvalue weighted by molar-refractivity contribution is 7.03. The second-order valence-electron chi connectivity index (χ2n) is 4.41. The van der Waals surface area contributed by atoms with Gasteiger partial charge in [-0.1, -0.05) is 12.8 Å². The predicted octanol–water partition coefficient (Wildman–Crippen LogP) is 1.49. The van der Waals surface area contributed by atoms with E-state index in [9.17, 15) is 9.90 Å². The highest BCUT2D eigenvalue weighted by Gasteiger charge is 2.35. The molecule has 4 nitrogen and oxygen atoms in total. The minimum Gasteiger partial charge on any atom is -0.394 e. The fraction of sp³-hybridized carbons (Fsp3) is 0.636. The molecule has 1 aliphatic rings. The van der Waals surface area contributed by atoms with Crippen molar-refractivity contribution in [1.82, 2.24) is 9.69 Å². The van der Waals surface area contributed by atoms with Crippen LogP contribution in [0.15, 0.2) is 5.38 Å². The summed E-state index contributed by atoms with van der Waals surface area (Å²) in [7, 11) is 0. The molecule has 1 fully saturated rings. The molecule has 16 heavy (non-hydrogen) atoms. The van der Waals surface area contributed by atoms with Crippen molar-refractivity contribution < 1.29 is 9.90 Å². The number of nitrogens with one attached hydrogen (secondary N) is 1. The number of aryl methyl sites for hydroxylation is 1. The van der Waals surface area contributed by atoms with Gasteiger partial charge < -0.3 is 10.4 Å². The van der Waals surface area contributed by atoms with Crippen LogP contribution in [0.25, 0.3) is 0 Å². The molecule has 0 atom stereocenters. The smallest absolute Gasteiger partial charge is 0.254 e. The Labute approximate surface area is 98.9 Å². The van der Waals surface area contributed by atoms with Gasteiger partial charge in [0.05, 0.1) is 23.4 Å². The Hall–Kier alpha value is -0.940. The lowest BCUT2D eigenvalue weighted by Crippen LogP contribution is -2.49. The number of aromatic nitrogens is 1. The summed E-state index contributed by atoms with van der Waals surface area (Å²) < 4.78 is 4.08. The van der Waals surface area contributed by atoms with Gasteiger partial charge in [0.2, 0.25) is 0 Å². The third-order valence-corrected chi connectivity index (χ3v) is 3.96. The largest absolute Gasteiger partial charge is 0.394 e. The van der Waals surface area contributed by atoms with Crippen LogP contribution in [0.4, 0.5) is 0 Å². The van der Waals surface area contributed by atoms with Crippen LogP contribution in [-0.2, 0) is 0 Å². The minimum atomic E-state index is -0.397. The van der Waals surface area contributed by atoms with E-state index in [0.29, 0.717) is 5.56 Å². The maximum Gasteiger partial charge on any atom is 0.254 e. The van der Waals surface area contributed by atoms with Crippen LogP contribution >= 0.6 is 11.5 Å². The van der Waals surface area contributed by atoms with E-state index in [-0.39, 0.29) is 12.5 Å². The van der Waals surface area contributed by atoms with Crippen molar-refractivity contribution in [3.63, 3.8) is 0 Å². The summed E-state index contributed by atoms with van der Waals surface area (Å²) in [6, 6.07) is 0. The molecule has 1 aliphatic carbocycles. The standard InChI is InChI=1S/C11H16N2O2S/c1-8-9(6-16-13-8)10(15)12-11(7-14)4-2-3-5-11/h6,14H,2-5,7H2,1H3,(H,12,15). The molecule has 5 heteroatoms. The quantitative estimate of drug-likeness (QED) is 0.841.